The van der Waals surface area contributed by atoms with Crippen molar-refractivity contribution in [3.8, 4) is 0 Å². The van der Waals surface area contributed by atoms with E-state index >= 15 is 0 Å². The molecule has 1 nitrogen and oxygen atoms in total. The second-order valence-corrected chi connectivity index (χ2v) is 14.0. The quantitative estimate of drug-likeness (QED) is 0.400. The minimum absolute atomic E-state index is 0.592. The molecule has 1 heteroatoms. The molecule has 1 heterocycles. The van der Waals surface area contributed by atoms with E-state index in [1.807, 2.05) is 0 Å². The summed E-state index contributed by atoms with van der Waals surface area (Å²) >= 11 is 0. The summed E-state index contributed by atoms with van der Waals surface area (Å²) in [6.07, 6.45) is 21.9. The van der Waals surface area contributed by atoms with Gasteiger partial charge in [0.05, 0.1) is 0 Å². The number of likely N-dealkylation sites (tertiary alicyclic amines) is 1. The molecule has 0 amide bonds. The van der Waals surface area contributed by atoms with Gasteiger partial charge in [0.25, 0.3) is 0 Å². The third-order valence-electron chi connectivity index (χ3n) is 12.0. The van der Waals surface area contributed by atoms with Crippen LogP contribution < -0.4 is 0 Å². The molecule has 0 radical (unpaired) electrons. The first-order valence-electron chi connectivity index (χ1n) is 14.8. The van der Waals surface area contributed by atoms with Gasteiger partial charge in [-0.25, -0.2) is 0 Å². The van der Waals surface area contributed by atoms with Crippen LogP contribution in [0.25, 0.3) is 0 Å². The van der Waals surface area contributed by atoms with Crippen molar-refractivity contribution in [1.82, 2.24) is 4.90 Å². The van der Waals surface area contributed by atoms with Crippen LogP contribution in [0.15, 0.2) is 11.8 Å². The monoisotopic (exact) mass is 439 g/mol. The molecular formula is C31H53N. The molecule has 0 aromatic rings. The van der Waals surface area contributed by atoms with E-state index in [0.717, 1.165) is 41.4 Å². The highest BCUT2D eigenvalue weighted by Crippen LogP contribution is 2.68. The standard InChI is InChI=1S/C31H53N/c1-22(2)9-8-10-23(3)27-13-14-28-26-12-11-24-21-25(32-19-6-7-20-32)15-17-30(24,4)29(26)16-18-31(27,28)5/h15,22-24,26-29H,6-14,16-21H2,1-5H3/t23-,24+,26-,27+,28-,29-,30-,31+/m0/s1. The minimum Gasteiger partial charge on any atom is -0.375 e. The Balaban J connectivity index is 1.28. The molecule has 0 unspecified atom stereocenters. The average molecular weight is 440 g/mol. The lowest BCUT2D eigenvalue weighted by atomic mass is 9.45. The summed E-state index contributed by atoms with van der Waals surface area (Å²) in [5.74, 6) is 6.83. The number of rotatable bonds is 6. The Kier molecular flexibility index (Phi) is 6.52. The molecule has 0 N–H and O–H groups in total. The molecule has 1 saturated heterocycles. The zero-order valence-corrected chi connectivity index (χ0v) is 22.2. The van der Waals surface area contributed by atoms with E-state index < -0.39 is 0 Å². The van der Waals surface area contributed by atoms with Crippen molar-refractivity contribution in [3.05, 3.63) is 11.8 Å². The molecule has 8 atom stereocenters. The Bertz CT molecular complexity index is 687. The van der Waals surface area contributed by atoms with E-state index in [-0.39, 0.29) is 0 Å². The Morgan fingerprint density at radius 2 is 1.66 bits per heavy atom. The van der Waals surface area contributed by atoms with E-state index in [1.54, 1.807) is 18.5 Å². The lowest BCUT2D eigenvalue weighted by Gasteiger charge is -2.60. The molecular weight excluding hydrogens is 386 g/mol. The average Bonchev–Trinajstić information content (AvgIpc) is 3.40. The number of hydrogen-bond acceptors (Lipinski definition) is 1. The van der Waals surface area contributed by atoms with Crippen molar-refractivity contribution >= 4 is 0 Å². The molecule has 3 saturated carbocycles. The third kappa shape index (κ3) is 3.90. The first-order chi connectivity index (χ1) is 15.3. The minimum atomic E-state index is 0.592. The van der Waals surface area contributed by atoms with Gasteiger partial charge in [0.1, 0.15) is 0 Å². The van der Waals surface area contributed by atoms with Gasteiger partial charge in [-0.15, -0.1) is 0 Å². The first kappa shape index (κ1) is 23.3. The van der Waals surface area contributed by atoms with E-state index in [0.29, 0.717) is 10.8 Å². The molecule has 4 fully saturated rings. The molecule has 0 aromatic heterocycles. The van der Waals surface area contributed by atoms with Gasteiger partial charge < -0.3 is 4.90 Å². The van der Waals surface area contributed by atoms with Crippen LogP contribution in [0, 0.1) is 52.3 Å². The van der Waals surface area contributed by atoms with Crippen molar-refractivity contribution in [3.63, 3.8) is 0 Å². The fraction of sp³-hybridized carbons (Fsp3) is 0.935. The van der Waals surface area contributed by atoms with Crippen LogP contribution in [-0.2, 0) is 0 Å². The highest BCUT2D eigenvalue weighted by atomic mass is 15.1. The SMILES string of the molecule is CC(C)CCC[C@H](C)[C@H]1CC[C@H]2[C@@H]3CC[C@@H]4CC(N5CCCC5)=CC[C@]4(C)[C@H]3CC[C@]12C. The second-order valence-electron chi connectivity index (χ2n) is 14.0. The summed E-state index contributed by atoms with van der Waals surface area (Å²) in [6.45, 7) is 15.6. The van der Waals surface area contributed by atoms with Crippen molar-refractivity contribution in [1.29, 1.82) is 0 Å². The fourth-order valence-electron chi connectivity index (χ4n) is 10.1. The number of hydrogen-bond donors (Lipinski definition) is 0. The van der Waals surface area contributed by atoms with Gasteiger partial charge in [0.2, 0.25) is 0 Å². The molecule has 4 aliphatic carbocycles. The van der Waals surface area contributed by atoms with Crippen molar-refractivity contribution < 1.29 is 0 Å². The van der Waals surface area contributed by atoms with Crippen molar-refractivity contribution in [2.24, 2.45) is 52.3 Å². The van der Waals surface area contributed by atoms with Gasteiger partial charge in [-0.2, -0.15) is 0 Å². The molecule has 0 aromatic carbocycles. The van der Waals surface area contributed by atoms with Crippen molar-refractivity contribution in [2.75, 3.05) is 13.1 Å². The first-order valence-corrected chi connectivity index (χ1v) is 14.8. The maximum atomic E-state index is 2.76. The fourth-order valence-corrected chi connectivity index (χ4v) is 10.1. The second kappa shape index (κ2) is 8.96. The maximum absolute atomic E-state index is 2.76. The molecule has 182 valence electrons. The zero-order chi connectivity index (χ0) is 22.5. The molecule has 0 bridgehead atoms. The number of allylic oxidation sites excluding steroid dienone is 2. The molecule has 0 spiro atoms. The Morgan fingerprint density at radius 1 is 0.906 bits per heavy atom. The predicted molar refractivity (Wildman–Crippen MR) is 137 cm³/mol. The van der Waals surface area contributed by atoms with E-state index in [2.05, 4.69) is 45.6 Å². The van der Waals surface area contributed by atoms with E-state index in [1.165, 1.54) is 83.7 Å². The zero-order valence-electron chi connectivity index (χ0n) is 22.2. The predicted octanol–water partition coefficient (Wildman–Crippen LogP) is 8.70. The van der Waals surface area contributed by atoms with Gasteiger partial charge >= 0.3 is 0 Å². The normalized spacial score (nSPS) is 44.8. The Labute approximate surface area is 200 Å². The highest BCUT2D eigenvalue weighted by molar-refractivity contribution is 5.17. The van der Waals surface area contributed by atoms with Gasteiger partial charge in [-0.05, 0) is 116 Å². The summed E-state index contributed by atoms with van der Waals surface area (Å²) in [4.78, 5) is 2.74. The van der Waals surface area contributed by atoms with Crippen LogP contribution in [-0.4, -0.2) is 18.0 Å². The lowest BCUT2D eigenvalue weighted by Crippen LogP contribution is -2.53. The summed E-state index contributed by atoms with van der Waals surface area (Å²) in [5, 5.41) is 0. The smallest absolute Gasteiger partial charge is 0.0175 e. The summed E-state index contributed by atoms with van der Waals surface area (Å²) in [5.41, 5.74) is 2.97. The van der Waals surface area contributed by atoms with Gasteiger partial charge in [0, 0.05) is 18.8 Å². The lowest BCUT2D eigenvalue weighted by molar-refractivity contribution is -0.103. The summed E-state index contributed by atoms with van der Waals surface area (Å²) in [6, 6.07) is 0. The van der Waals surface area contributed by atoms with E-state index in [4.69, 9.17) is 0 Å². The molecule has 1 aliphatic heterocycles. The third-order valence-corrected chi connectivity index (χ3v) is 12.0. The summed E-state index contributed by atoms with van der Waals surface area (Å²) < 4.78 is 0. The van der Waals surface area contributed by atoms with Crippen molar-refractivity contribution in [2.45, 2.75) is 118 Å². The van der Waals surface area contributed by atoms with E-state index in [9.17, 15) is 0 Å². The van der Waals surface area contributed by atoms with Crippen LogP contribution in [0.1, 0.15) is 118 Å². The Morgan fingerprint density at radius 3 is 2.41 bits per heavy atom. The Hall–Kier alpha value is -0.460. The molecule has 5 rings (SSSR count). The number of fused-ring (bicyclic) bond motifs is 5. The van der Waals surface area contributed by atoms with Gasteiger partial charge in [-0.3, -0.25) is 0 Å². The maximum Gasteiger partial charge on any atom is 0.0175 e. The summed E-state index contributed by atoms with van der Waals surface area (Å²) in [7, 11) is 0. The van der Waals surface area contributed by atoms with Crippen LogP contribution in [0.3, 0.4) is 0 Å². The molecule has 32 heavy (non-hydrogen) atoms. The van der Waals surface area contributed by atoms with Crippen LogP contribution in [0.5, 0.6) is 0 Å². The van der Waals surface area contributed by atoms with Gasteiger partial charge in [0.15, 0.2) is 0 Å². The number of nitrogens with zero attached hydrogens (tertiary/aromatic N) is 1. The van der Waals surface area contributed by atoms with Gasteiger partial charge in [-0.1, -0.05) is 60.0 Å². The van der Waals surface area contributed by atoms with Crippen LogP contribution in [0.2, 0.25) is 0 Å². The molecule has 5 aliphatic rings. The highest BCUT2D eigenvalue weighted by Gasteiger charge is 2.60. The van der Waals surface area contributed by atoms with Crippen LogP contribution in [0.4, 0.5) is 0 Å². The van der Waals surface area contributed by atoms with Crippen LogP contribution >= 0.6 is 0 Å². The largest absolute Gasteiger partial charge is 0.375 e. The topological polar surface area (TPSA) is 3.24 Å².